The highest BCUT2D eigenvalue weighted by Gasteiger charge is 2.27. The summed E-state index contributed by atoms with van der Waals surface area (Å²) in [5, 5.41) is 4.65. The number of hydrogen-bond donors (Lipinski definition) is 3. The SMILES string of the molecule is C[n+]1[nH]oc(=O)c1C(=O)Nc1ccccc1C(N)=O. The molecule has 2 rings (SSSR count). The third-order valence-electron chi connectivity index (χ3n) is 2.46. The zero-order chi connectivity index (χ0) is 14.0. The smallest absolute Gasteiger partial charge is 0.366 e. The first-order chi connectivity index (χ1) is 9.00. The number of amides is 2. The van der Waals surface area contributed by atoms with Gasteiger partial charge in [-0.25, -0.2) is 4.79 Å². The molecule has 0 aliphatic carbocycles. The van der Waals surface area contributed by atoms with Crippen molar-refractivity contribution in [3.63, 3.8) is 0 Å². The van der Waals surface area contributed by atoms with Crippen molar-refractivity contribution in [3.8, 4) is 0 Å². The van der Waals surface area contributed by atoms with Crippen molar-refractivity contribution < 1.29 is 18.8 Å². The molecule has 0 fully saturated rings. The number of carbonyl (C=O) groups is 2. The fourth-order valence-corrected chi connectivity index (χ4v) is 1.57. The Morgan fingerprint density at radius 3 is 2.63 bits per heavy atom. The standard InChI is InChI=1S/C11H10N4O4/c1-15-8(11(18)19-14-15)10(17)13-7-5-3-2-4-6(7)9(12)16/h2-5H,1H3,(H3-,12,13,14,16,17,18)/p+1. The molecule has 8 nitrogen and oxygen atoms in total. The summed E-state index contributed by atoms with van der Waals surface area (Å²) in [6.07, 6.45) is 0. The van der Waals surface area contributed by atoms with Crippen molar-refractivity contribution >= 4 is 17.5 Å². The molecule has 1 aromatic heterocycles. The van der Waals surface area contributed by atoms with Gasteiger partial charge in [-0.15, -0.1) is 0 Å². The lowest BCUT2D eigenvalue weighted by Gasteiger charge is -2.05. The number of nitrogens with one attached hydrogen (secondary N) is 2. The zero-order valence-corrected chi connectivity index (χ0v) is 9.97. The molecule has 0 saturated heterocycles. The summed E-state index contributed by atoms with van der Waals surface area (Å²) in [6.45, 7) is 0. The van der Waals surface area contributed by atoms with E-state index in [1.807, 2.05) is 0 Å². The van der Waals surface area contributed by atoms with E-state index in [0.29, 0.717) is 0 Å². The van der Waals surface area contributed by atoms with Crippen molar-refractivity contribution in [2.24, 2.45) is 12.8 Å². The summed E-state index contributed by atoms with van der Waals surface area (Å²) >= 11 is 0. The lowest BCUT2D eigenvalue weighted by molar-refractivity contribution is -0.741. The minimum atomic E-state index is -0.809. The van der Waals surface area contributed by atoms with Crippen LogP contribution in [-0.4, -0.2) is 17.1 Å². The maximum absolute atomic E-state index is 11.9. The normalized spacial score (nSPS) is 10.2. The molecule has 0 unspecified atom stereocenters. The van der Waals surface area contributed by atoms with Crippen LogP contribution in [0, 0.1) is 0 Å². The summed E-state index contributed by atoms with van der Waals surface area (Å²) in [7, 11) is 1.44. The first-order valence-electron chi connectivity index (χ1n) is 5.28. The maximum atomic E-state index is 11.9. The van der Waals surface area contributed by atoms with E-state index in [0.717, 1.165) is 4.68 Å². The number of carbonyl (C=O) groups excluding carboxylic acids is 2. The van der Waals surface area contributed by atoms with E-state index in [9.17, 15) is 14.4 Å². The molecular formula is C11H11N4O4+. The number of benzene rings is 1. The lowest BCUT2D eigenvalue weighted by atomic mass is 10.1. The second kappa shape index (κ2) is 4.77. The average molecular weight is 263 g/mol. The predicted molar refractivity (Wildman–Crippen MR) is 63.4 cm³/mol. The number of H-pyrrole nitrogens is 1. The molecule has 0 atom stereocenters. The van der Waals surface area contributed by atoms with Gasteiger partial charge in [-0.2, -0.15) is 0 Å². The molecule has 0 saturated carbocycles. The summed E-state index contributed by atoms with van der Waals surface area (Å²) in [5.74, 6) is -1.38. The number of aryl methyl sites for hydroxylation is 1. The number of anilines is 1. The van der Waals surface area contributed by atoms with Gasteiger partial charge in [0.1, 0.15) is 0 Å². The Balaban J connectivity index is 2.35. The lowest BCUT2D eigenvalue weighted by Crippen LogP contribution is -2.41. The molecule has 0 aliphatic heterocycles. The second-order valence-corrected chi connectivity index (χ2v) is 3.75. The van der Waals surface area contributed by atoms with E-state index >= 15 is 0 Å². The van der Waals surface area contributed by atoms with Crippen LogP contribution in [0.15, 0.2) is 33.6 Å². The van der Waals surface area contributed by atoms with Gasteiger partial charge < -0.3 is 11.1 Å². The van der Waals surface area contributed by atoms with E-state index in [1.54, 1.807) is 12.1 Å². The first kappa shape index (κ1) is 12.6. The molecular weight excluding hydrogens is 252 g/mol. The van der Waals surface area contributed by atoms with Gasteiger partial charge in [0.15, 0.2) is 7.05 Å². The largest absolute Gasteiger partial charge is 0.440 e. The maximum Gasteiger partial charge on any atom is 0.440 e. The summed E-state index contributed by atoms with van der Waals surface area (Å²) in [5.41, 5.74) is 4.53. The summed E-state index contributed by atoms with van der Waals surface area (Å²) < 4.78 is 5.59. The van der Waals surface area contributed by atoms with Crippen molar-refractivity contribution in [1.82, 2.24) is 5.27 Å². The van der Waals surface area contributed by atoms with E-state index in [2.05, 4.69) is 15.1 Å². The quantitative estimate of drug-likeness (QED) is 0.624. The monoisotopic (exact) mass is 263 g/mol. The van der Waals surface area contributed by atoms with Crippen LogP contribution < -0.4 is 21.4 Å². The number of para-hydroxylation sites is 1. The van der Waals surface area contributed by atoms with Crippen molar-refractivity contribution in [3.05, 3.63) is 45.9 Å². The Labute approximate surface area is 106 Å². The molecule has 0 aliphatic rings. The van der Waals surface area contributed by atoms with E-state index < -0.39 is 17.4 Å². The Kier molecular flexibility index (Phi) is 3.15. The predicted octanol–water partition coefficient (Wildman–Crippen LogP) is -0.856. The molecule has 0 spiro atoms. The average Bonchev–Trinajstić information content (AvgIpc) is 2.69. The van der Waals surface area contributed by atoms with Crippen molar-refractivity contribution in [1.29, 1.82) is 0 Å². The van der Waals surface area contributed by atoms with Gasteiger partial charge in [0.25, 0.3) is 5.91 Å². The Bertz CT molecular complexity index is 701. The molecule has 0 radical (unpaired) electrons. The molecule has 1 aromatic carbocycles. The zero-order valence-electron chi connectivity index (χ0n) is 9.97. The molecule has 4 N–H and O–H groups in total. The van der Waals surface area contributed by atoms with Gasteiger partial charge in [-0.3, -0.25) is 14.1 Å². The molecule has 2 aromatic rings. The number of nitrogens with two attached hydrogens (primary N) is 1. The number of aromatic amines is 1. The molecule has 0 bridgehead atoms. The van der Waals surface area contributed by atoms with E-state index in [1.165, 1.54) is 19.2 Å². The van der Waals surface area contributed by atoms with Crippen LogP contribution in [0.2, 0.25) is 0 Å². The van der Waals surface area contributed by atoms with Gasteiger partial charge >= 0.3 is 17.2 Å². The number of hydrogen-bond acceptors (Lipinski definition) is 4. The van der Waals surface area contributed by atoms with E-state index in [4.69, 9.17) is 5.73 Å². The topological polar surface area (TPSA) is 122 Å². The van der Waals surface area contributed by atoms with Crippen molar-refractivity contribution in [2.75, 3.05) is 5.32 Å². The van der Waals surface area contributed by atoms with Crippen LogP contribution in [0.5, 0.6) is 0 Å². The molecule has 2 amide bonds. The summed E-state index contributed by atoms with van der Waals surface area (Å²) in [6, 6.07) is 6.21. The first-order valence-corrected chi connectivity index (χ1v) is 5.28. The third kappa shape index (κ3) is 2.37. The molecule has 98 valence electrons. The number of rotatable bonds is 3. The van der Waals surface area contributed by atoms with Crippen LogP contribution in [-0.2, 0) is 7.05 Å². The van der Waals surface area contributed by atoms with Gasteiger partial charge in [-0.1, -0.05) is 16.8 Å². The fourth-order valence-electron chi connectivity index (χ4n) is 1.57. The Morgan fingerprint density at radius 2 is 2.05 bits per heavy atom. The Hall–Kier alpha value is -2.90. The number of primary amides is 1. The summed E-state index contributed by atoms with van der Waals surface area (Å²) in [4.78, 5) is 34.4. The molecule has 19 heavy (non-hydrogen) atoms. The van der Waals surface area contributed by atoms with Gasteiger partial charge in [0.2, 0.25) is 0 Å². The molecule has 1 heterocycles. The highest BCUT2D eigenvalue weighted by molar-refractivity contribution is 6.07. The fraction of sp³-hybridized carbons (Fsp3) is 0.0909. The minimum absolute atomic E-state index is 0.151. The highest BCUT2D eigenvalue weighted by atomic mass is 16.5. The van der Waals surface area contributed by atoms with E-state index in [-0.39, 0.29) is 16.9 Å². The Morgan fingerprint density at radius 1 is 1.37 bits per heavy atom. The van der Waals surface area contributed by atoms with Crippen LogP contribution in [0.25, 0.3) is 0 Å². The van der Waals surface area contributed by atoms with Crippen LogP contribution in [0.1, 0.15) is 20.8 Å². The second-order valence-electron chi connectivity index (χ2n) is 3.75. The molecule has 8 heteroatoms. The van der Waals surface area contributed by atoms with Crippen LogP contribution in [0.4, 0.5) is 5.69 Å². The van der Waals surface area contributed by atoms with Crippen LogP contribution >= 0.6 is 0 Å². The minimum Gasteiger partial charge on any atom is -0.366 e. The van der Waals surface area contributed by atoms with Crippen molar-refractivity contribution in [2.45, 2.75) is 0 Å². The van der Waals surface area contributed by atoms with Crippen LogP contribution in [0.3, 0.4) is 0 Å². The van der Waals surface area contributed by atoms with Gasteiger partial charge in [0, 0.05) is 0 Å². The third-order valence-corrected chi connectivity index (χ3v) is 2.46. The number of aromatic nitrogens is 2. The van der Waals surface area contributed by atoms with Gasteiger partial charge in [-0.05, 0) is 17.4 Å². The highest BCUT2D eigenvalue weighted by Crippen LogP contribution is 2.14. The number of nitrogens with zero attached hydrogens (tertiary/aromatic N) is 1. The van der Waals surface area contributed by atoms with Gasteiger partial charge in [0.05, 0.1) is 11.3 Å².